The second-order valence-corrected chi connectivity index (χ2v) is 4.87. The van der Waals surface area contributed by atoms with E-state index in [4.69, 9.17) is 4.74 Å². The highest BCUT2D eigenvalue weighted by atomic mass is 16.5. The molecule has 0 heterocycles. The van der Waals surface area contributed by atoms with Crippen molar-refractivity contribution in [3.05, 3.63) is 0 Å². The molecule has 0 bridgehead atoms. The third kappa shape index (κ3) is 3.58. The molecule has 0 radical (unpaired) electrons. The van der Waals surface area contributed by atoms with Crippen molar-refractivity contribution in [2.24, 2.45) is 0 Å². The van der Waals surface area contributed by atoms with Gasteiger partial charge < -0.3 is 4.74 Å². The average molecular weight is 226 g/mol. The van der Waals surface area contributed by atoms with Crippen molar-refractivity contribution in [1.82, 2.24) is 0 Å². The van der Waals surface area contributed by atoms with E-state index in [2.05, 4.69) is 6.92 Å². The van der Waals surface area contributed by atoms with Gasteiger partial charge in [0.05, 0.1) is 0 Å². The van der Waals surface area contributed by atoms with Crippen LogP contribution < -0.4 is 0 Å². The summed E-state index contributed by atoms with van der Waals surface area (Å²) in [7, 11) is 0. The van der Waals surface area contributed by atoms with Gasteiger partial charge in [0, 0.05) is 13.0 Å². The lowest BCUT2D eigenvalue weighted by atomic mass is 9.80. The summed E-state index contributed by atoms with van der Waals surface area (Å²) < 4.78 is 5.81. The summed E-state index contributed by atoms with van der Waals surface area (Å²) in [5.74, 6) is 0.363. The van der Waals surface area contributed by atoms with E-state index in [9.17, 15) is 4.79 Å². The lowest BCUT2D eigenvalue weighted by Gasteiger charge is -2.35. The number of unbranched alkanes of at least 4 members (excludes halogenated alkanes) is 2. The smallest absolute Gasteiger partial charge is 0.164 e. The average Bonchev–Trinajstić information content (AvgIpc) is 2.31. The largest absolute Gasteiger partial charge is 0.368 e. The summed E-state index contributed by atoms with van der Waals surface area (Å²) in [5.41, 5.74) is -0.402. The maximum absolute atomic E-state index is 12.3. The van der Waals surface area contributed by atoms with Crippen molar-refractivity contribution in [2.45, 2.75) is 77.2 Å². The molecular formula is C14H26O2. The summed E-state index contributed by atoms with van der Waals surface area (Å²) in [6.07, 6.45) is 9.55. The standard InChI is InChI=1S/C14H26O2/c1-3-5-7-10-13(15)14(16-4-2)11-8-6-9-12-14/h3-12H2,1-2H3. The fraction of sp³-hybridized carbons (Fsp3) is 0.929. The molecule has 0 amide bonds. The zero-order valence-electron chi connectivity index (χ0n) is 10.9. The minimum Gasteiger partial charge on any atom is -0.368 e. The predicted molar refractivity (Wildman–Crippen MR) is 66.6 cm³/mol. The quantitative estimate of drug-likeness (QED) is 0.616. The molecule has 2 heteroatoms. The van der Waals surface area contributed by atoms with Crippen LogP contribution in [0, 0.1) is 0 Å². The molecule has 0 spiro atoms. The van der Waals surface area contributed by atoms with Crippen LogP contribution in [0.15, 0.2) is 0 Å². The second-order valence-electron chi connectivity index (χ2n) is 4.87. The second kappa shape index (κ2) is 7.05. The molecule has 0 aromatic carbocycles. The van der Waals surface area contributed by atoms with Crippen molar-refractivity contribution < 1.29 is 9.53 Å². The first-order valence-electron chi connectivity index (χ1n) is 6.92. The highest BCUT2D eigenvalue weighted by molar-refractivity contribution is 5.87. The Labute approximate surface area is 99.8 Å². The van der Waals surface area contributed by atoms with Crippen LogP contribution in [0.5, 0.6) is 0 Å². The first kappa shape index (κ1) is 13.7. The molecule has 0 unspecified atom stereocenters. The van der Waals surface area contributed by atoms with Crippen LogP contribution in [-0.4, -0.2) is 18.0 Å². The Morgan fingerprint density at radius 3 is 2.38 bits per heavy atom. The highest BCUT2D eigenvalue weighted by Crippen LogP contribution is 2.33. The molecule has 1 aliphatic rings. The zero-order chi connectivity index (χ0) is 11.9. The van der Waals surface area contributed by atoms with Gasteiger partial charge in [-0.25, -0.2) is 0 Å². The van der Waals surface area contributed by atoms with Crippen LogP contribution >= 0.6 is 0 Å². The Morgan fingerprint density at radius 2 is 1.81 bits per heavy atom. The fourth-order valence-corrected chi connectivity index (χ4v) is 2.67. The molecule has 0 aliphatic heterocycles. The van der Waals surface area contributed by atoms with Crippen molar-refractivity contribution in [3.63, 3.8) is 0 Å². The first-order valence-corrected chi connectivity index (χ1v) is 6.92. The van der Waals surface area contributed by atoms with Crippen LogP contribution in [0.25, 0.3) is 0 Å². The summed E-state index contributed by atoms with van der Waals surface area (Å²) in [4.78, 5) is 12.3. The molecule has 94 valence electrons. The van der Waals surface area contributed by atoms with Crippen LogP contribution in [0.3, 0.4) is 0 Å². The number of ether oxygens (including phenoxy) is 1. The minimum atomic E-state index is -0.402. The molecule has 1 saturated carbocycles. The number of ketones is 1. The molecule has 0 saturated heterocycles. The molecule has 2 nitrogen and oxygen atoms in total. The Kier molecular flexibility index (Phi) is 6.04. The van der Waals surface area contributed by atoms with Gasteiger partial charge in [0.15, 0.2) is 5.78 Å². The SMILES string of the molecule is CCCCCC(=O)C1(OCC)CCCCC1. The lowest BCUT2D eigenvalue weighted by Crippen LogP contribution is -2.43. The Bertz CT molecular complexity index is 199. The molecule has 0 aromatic heterocycles. The third-order valence-electron chi connectivity index (χ3n) is 3.60. The monoisotopic (exact) mass is 226 g/mol. The van der Waals surface area contributed by atoms with E-state index in [1.54, 1.807) is 0 Å². The van der Waals surface area contributed by atoms with Gasteiger partial charge in [-0.15, -0.1) is 0 Å². The molecule has 0 N–H and O–H groups in total. The number of carbonyl (C=O) groups is 1. The molecule has 16 heavy (non-hydrogen) atoms. The zero-order valence-corrected chi connectivity index (χ0v) is 10.9. The van der Waals surface area contributed by atoms with E-state index in [-0.39, 0.29) is 0 Å². The fourth-order valence-electron chi connectivity index (χ4n) is 2.67. The van der Waals surface area contributed by atoms with Crippen LogP contribution in [0.2, 0.25) is 0 Å². The van der Waals surface area contributed by atoms with Crippen molar-refractivity contribution >= 4 is 5.78 Å². The number of hydrogen-bond acceptors (Lipinski definition) is 2. The van der Waals surface area contributed by atoms with Crippen molar-refractivity contribution in [3.8, 4) is 0 Å². The van der Waals surface area contributed by atoms with Crippen LogP contribution in [0.4, 0.5) is 0 Å². The summed E-state index contributed by atoms with van der Waals surface area (Å²) in [5, 5.41) is 0. The van der Waals surface area contributed by atoms with Crippen molar-refractivity contribution in [1.29, 1.82) is 0 Å². The predicted octanol–water partition coefficient (Wildman–Crippen LogP) is 3.88. The Hall–Kier alpha value is -0.370. The van der Waals surface area contributed by atoms with Gasteiger partial charge in [0.2, 0.25) is 0 Å². The number of hydrogen-bond donors (Lipinski definition) is 0. The highest BCUT2D eigenvalue weighted by Gasteiger charge is 2.38. The maximum Gasteiger partial charge on any atom is 0.164 e. The van der Waals surface area contributed by atoms with Gasteiger partial charge in [-0.05, 0) is 26.2 Å². The molecule has 0 aromatic rings. The Morgan fingerprint density at radius 1 is 1.12 bits per heavy atom. The van der Waals surface area contributed by atoms with E-state index < -0.39 is 5.60 Å². The molecule has 1 rings (SSSR count). The van der Waals surface area contributed by atoms with Gasteiger partial charge in [0.1, 0.15) is 5.60 Å². The summed E-state index contributed by atoms with van der Waals surface area (Å²) >= 11 is 0. The van der Waals surface area contributed by atoms with E-state index in [0.717, 1.165) is 38.5 Å². The third-order valence-corrected chi connectivity index (χ3v) is 3.60. The van der Waals surface area contributed by atoms with Gasteiger partial charge in [0.25, 0.3) is 0 Å². The summed E-state index contributed by atoms with van der Waals surface area (Å²) in [6.45, 7) is 4.83. The lowest BCUT2D eigenvalue weighted by molar-refractivity contribution is -0.149. The molecule has 1 aliphatic carbocycles. The van der Waals surface area contributed by atoms with Gasteiger partial charge >= 0.3 is 0 Å². The number of Topliss-reactive ketones (excluding diaryl/α,β-unsaturated/α-hetero) is 1. The molecule has 1 fully saturated rings. The minimum absolute atomic E-state index is 0.363. The van der Waals surface area contributed by atoms with Crippen molar-refractivity contribution in [2.75, 3.05) is 6.61 Å². The number of rotatable bonds is 7. The Balaban J connectivity index is 2.50. The number of carbonyl (C=O) groups excluding carboxylic acids is 1. The van der Waals surface area contributed by atoms with E-state index in [1.807, 2.05) is 6.92 Å². The van der Waals surface area contributed by atoms with Gasteiger partial charge in [-0.2, -0.15) is 0 Å². The van der Waals surface area contributed by atoms with Gasteiger partial charge in [-0.3, -0.25) is 4.79 Å². The van der Waals surface area contributed by atoms with Crippen LogP contribution in [-0.2, 0) is 9.53 Å². The normalized spacial score (nSPS) is 19.6. The maximum atomic E-state index is 12.3. The van der Waals surface area contributed by atoms with E-state index in [0.29, 0.717) is 18.8 Å². The van der Waals surface area contributed by atoms with Gasteiger partial charge in [-0.1, -0.05) is 39.0 Å². The van der Waals surface area contributed by atoms with Crippen LogP contribution in [0.1, 0.15) is 71.6 Å². The van der Waals surface area contributed by atoms with E-state index >= 15 is 0 Å². The first-order chi connectivity index (χ1) is 7.75. The summed E-state index contributed by atoms with van der Waals surface area (Å²) in [6, 6.07) is 0. The topological polar surface area (TPSA) is 26.3 Å². The van der Waals surface area contributed by atoms with E-state index in [1.165, 1.54) is 12.8 Å². The molecular weight excluding hydrogens is 200 g/mol. The molecule has 0 atom stereocenters.